The molecule has 0 aliphatic heterocycles. The number of aromatic amines is 1. The highest BCUT2D eigenvalue weighted by Gasteiger charge is 2.24. The summed E-state index contributed by atoms with van der Waals surface area (Å²) < 4.78 is 1.36. The van der Waals surface area contributed by atoms with Gasteiger partial charge in [0.05, 0.1) is 33.1 Å². The van der Waals surface area contributed by atoms with Crippen LogP contribution in [0.5, 0.6) is 0 Å². The van der Waals surface area contributed by atoms with E-state index in [-0.39, 0.29) is 17.0 Å². The number of hydrogen-bond donors (Lipinski definition) is 1. The van der Waals surface area contributed by atoms with Gasteiger partial charge in [-0.3, -0.25) is 0 Å². The molecule has 8 nitrogen and oxygen atoms in total. The number of nitrogens with one attached hydrogen (secondary N) is 1. The van der Waals surface area contributed by atoms with E-state index in [1.54, 1.807) is 24.3 Å². The molecule has 6 rings (SSSR count). The topological polar surface area (TPSA) is 108 Å². The lowest BCUT2D eigenvalue weighted by atomic mass is 10.2. The zero-order chi connectivity index (χ0) is 19.5. The van der Waals surface area contributed by atoms with Gasteiger partial charge in [0.25, 0.3) is 17.2 Å². The molecule has 0 unspecified atom stereocenters. The molecule has 138 valence electrons. The SMILES string of the molecule is [O-][n+]1cc(-c2nc3cc4nc5ccccc5[nH]c4cc3n2)[n+]([O-])c2ccccc21. The number of nitrogens with zero attached hydrogens (tertiary/aromatic N) is 5. The van der Waals surface area contributed by atoms with Crippen LogP contribution in [-0.4, -0.2) is 19.9 Å². The maximum absolute atomic E-state index is 12.8. The van der Waals surface area contributed by atoms with Gasteiger partial charge in [-0.2, -0.15) is 9.46 Å². The first-order valence-corrected chi connectivity index (χ1v) is 8.98. The van der Waals surface area contributed by atoms with E-state index in [2.05, 4.69) is 19.9 Å². The molecule has 3 aromatic carbocycles. The third kappa shape index (κ3) is 2.29. The average molecular weight is 380 g/mol. The number of para-hydroxylation sites is 4. The molecule has 0 bridgehead atoms. The van der Waals surface area contributed by atoms with Gasteiger partial charge >= 0.3 is 5.69 Å². The molecule has 0 aliphatic rings. The molecule has 0 aliphatic carbocycles. The van der Waals surface area contributed by atoms with Crippen molar-refractivity contribution in [2.75, 3.05) is 0 Å². The largest absolute Gasteiger partial charge is 0.618 e. The summed E-state index contributed by atoms with van der Waals surface area (Å²) in [6.45, 7) is 0. The molecule has 6 aromatic rings. The molecule has 0 saturated heterocycles. The van der Waals surface area contributed by atoms with Gasteiger partial charge < -0.3 is 15.4 Å². The van der Waals surface area contributed by atoms with E-state index >= 15 is 0 Å². The number of rotatable bonds is 1. The number of aromatic nitrogens is 6. The maximum Gasteiger partial charge on any atom is 0.327 e. The predicted octanol–water partition coefficient (Wildman–Crippen LogP) is 2.75. The Morgan fingerprint density at radius 2 is 1.41 bits per heavy atom. The van der Waals surface area contributed by atoms with E-state index in [0.29, 0.717) is 26.0 Å². The molecular weight excluding hydrogens is 368 g/mol. The molecular formula is C21H12N6O2. The molecule has 8 heteroatoms. The summed E-state index contributed by atoms with van der Waals surface area (Å²) >= 11 is 0. The Morgan fingerprint density at radius 3 is 2.28 bits per heavy atom. The smallest absolute Gasteiger partial charge is 0.327 e. The molecule has 0 radical (unpaired) electrons. The van der Waals surface area contributed by atoms with Crippen LogP contribution in [0.1, 0.15) is 0 Å². The number of imidazole rings is 1. The molecule has 3 heterocycles. The highest BCUT2D eigenvalue weighted by atomic mass is 16.5. The fourth-order valence-electron chi connectivity index (χ4n) is 3.59. The molecule has 1 N–H and O–H groups in total. The Kier molecular flexibility index (Phi) is 3.02. The summed E-state index contributed by atoms with van der Waals surface area (Å²) in [5, 5.41) is 25.2. The zero-order valence-electron chi connectivity index (χ0n) is 14.9. The van der Waals surface area contributed by atoms with Crippen LogP contribution >= 0.6 is 0 Å². The van der Waals surface area contributed by atoms with Gasteiger partial charge in [0, 0.05) is 12.1 Å². The molecule has 29 heavy (non-hydrogen) atoms. The quantitative estimate of drug-likeness (QED) is 0.268. The van der Waals surface area contributed by atoms with E-state index < -0.39 is 0 Å². The third-order valence-electron chi connectivity index (χ3n) is 4.99. The van der Waals surface area contributed by atoms with Crippen molar-refractivity contribution >= 4 is 44.1 Å². The van der Waals surface area contributed by atoms with Crippen LogP contribution < -0.4 is 9.46 Å². The second kappa shape index (κ2) is 5.59. The van der Waals surface area contributed by atoms with Crippen molar-refractivity contribution in [2.45, 2.75) is 0 Å². The van der Waals surface area contributed by atoms with Crippen molar-refractivity contribution in [3.8, 4) is 11.5 Å². The maximum atomic E-state index is 12.8. The Bertz CT molecular complexity index is 1520. The van der Waals surface area contributed by atoms with E-state index in [0.717, 1.165) is 22.1 Å². The van der Waals surface area contributed by atoms with Gasteiger partial charge in [-0.05, 0) is 24.3 Å². The van der Waals surface area contributed by atoms with Gasteiger partial charge in [0.1, 0.15) is 0 Å². The van der Waals surface area contributed by atoms with Crippen LogP contribution in [0.2, 0.25) is 0 Å². The molecule has 0 saturated carbocycles. The first-order chi connectivity index (χ1) is 14.2. The second-order valence-electron chi connectivity index (χ2n) is 6.78. The Morgan fingerprint density at radius 1 is 0.690 bits per heavy atom. The number of benzene rings is 3. The van der Waals surface area contributed by atoms with Crippen LogP contribution in [0.15, 0.2) is 66.9 Å². The Balaban J connectivity index is 1.60. The predicted molar refractivity (Wildman–Crippen MR) is 108 cm³/mol. The van der Waals surface area contributed by atoms with Crippen LogP contribution in [0, 0.1) is 10.4 Å². The third-order valence-corrected chi connectivity index (χ3v) is 4.99. The molecule has 0 fully saturated rings. The van der Waals surface area contributed by atoms with E-state index in [1.165, 1.54) is 6.20 Å². The average Bonchev–Trinajstić information content (AvgIpc) is 3.15. The first-order valence-electron chi connectivity index (χ1n) is 8.98. The van der Waals surface area contributed by atoms with Gasteiger partial charge in [0.2, 0.25) is 5.82 Å². The van der Waals surface area contributed by atoms with Crippen LogP contribution in [0.25, 0.3) is 55.7 Å². The summed E-state index contributed by atoms with van der Waals surface area (Å²) in [6.07, 6.45) is 1.21. The standard InChI is InChI=1S/C21H12N6O2/c28-26-11-20(27(29)19-8-4-3-7-18(19)26)21-24-16-9-14-15(10-17(16)25-21)23-13-6-2-1-5-12(13)22-14/h1-11,22H. The fourth-order valence-corrected chi connectivity index (χ4v) is 3.59. The Hall–Kier alpha value is -4.33. The van der Waals surface area contributed by atoms with Crippen LogP contribution in [0.4, 0.5) is 0 Å². The van der Waals surface area contributed by atoms with Crippen molar-refractivity contribution in [3.05, 3.63) is 77.3 Å². The van der Waals surface area contributed by atoms with Crippen LogP contribution in [-0.2, 0) is 0 Å². The van der Waals surface area contributed by atoms with E-state index in [9.17, 15) is 10.4 Å². The summed E-state index contributed by atoms with van der Waals surface area (Å²) in [7, 11) is 0. The summed E-state index contributed by atoms with van der Waals surface area (Å²) in [5.74, 6) is 0.199. The highest BCUT2D eigenvalue weighted by molar-refractivity contribution is 5.95. The lowest BCUT2D eigenvalue weighted by Gasteiger charge is -2.05. The van der Waals surface area contributed by atoms with E-state index in [1.807, 2.05) is 36.4 Å². The number of fused-ring (bicyclic) bond motifs is 4. The van der Waals surface area contributed by atoms with Gasteiger partial charge in [-0.15, -0.1) is 0 Å². The number of H-pyrrole nitrogens is 1. The highest BCUT2D eigenvalue weighted by Crippen LogP contribution is 2.24. The first kappa shape index (κ1) is 15.7. The van der Waals surface area contributed by atoms with Crippen molar-refractivity contribution in [1.82, 2.24) is 19.9 Å². The van der Waals surface area contributed by atoms with Crippen molar-refractivity contribution in [2.24, 2.45) is 0 Å². The van der Waals surface area contributed by atoms with Gasteiger partial charge in [0.15, 0.2) is 0 Å². The Labute approximate surface area is 162 Å². The minimum Gasteiger partial charge on any atom is -0.618 e. The van der Waals surface area contributed by atoms with Crippen molar-refractivity contribution in [3.63, 3.8) is 0 Å². The summed E-state index contributed by atoms with van der Waals surface area (Å²) in [5.41, 5.74) is 5.20. The van der Waals surface area contributed by atoms with Crippen molar-refractivity contribution < 1.29 is 9.46 Å². The van der Waals surface area contributed by atoms with Gasteiger partial charge in [-0.1, -0.05) is 24.3 Å². The molecule has 0 spiro atoms. The molecule has 0 atom stereocenters. The number of hydrogen-bond acceptors (Lipinski definition) is 5. The zero-order valence-corrected chi connectivity index (χ0v) is 14.9. The minimum absolute atomic E-state index is 0.0982. The molecule has 3 aromatic heterocycles. The van der Waals surface area contributed by atoms with Gasteiger partial charge in [-0.25, -0.2) is 15.0 Å². The van der Waals surface area contributed by atoms with Crippen molar-refractivity contribution in [1.29, 1.82) is 0 Å². The lowest BCUT2D eigenvalue weighted by Crippen LogP contribution is -2.39. The summed E-state index contributed by atoms with van der Waals surface area (Å²) in [6, 6.07) is 18.0. The molecule has 0 amide bonds. The minimum atomic E-state index is 0.0982. The van der Waals surface area contributed by atoms with Crippen LogP contribution in [0.3, 0.4) is 0 Å². The fraction of sp³-hybridized carbons (Fsp3) is 0. The summed E-state index contributed by atoms with van der Waals surface area (Å²) in [4.78, 5) is 17.0. The van der Waals surface area contributed by atoms with E-state index in [4.69, 9.17) is 0 Å². The monoisotopic (exact) mass is 380 g/mol. The second-order valence-corrected chi connectivity index (χ2v) is 6.78. The normalized spacial score (nSPS) is 11.7. The lowest BCUT2D eigenvalue weighted by molar-refractivity contribution is -0.620.